The molecule has 0 fully saturated rings. The predicted molar refractivity (Wildman–Crippen MR) is 285 cm³/mol. The third-order valence-electron chi connectivity index (χ3n) is 15.6. The first-order chi connectivity index (χ1) is 31.1. The van der Waals surface area contributed by atoms with Gasteiger partial charge >= 0.3 is 0 Å². The lowest BCUT2D eigenvalue weighted by molar-refractivity contribution is 0.332. The molecule has 1 aliphatic carbocycles. The van der Waals surface area contributed by atoms with Gasteiger partial charge in [-0.05, 0) is 156 Å². The fourth-order valence-electron chi connectivity index (χ4n) is 11.4. The Bertz CT molecular complexity index is 3250. The highest BCUT2D eigenvalue weighted by atomic mass is 16.3. The van der Waals surface area contributed by atoms with Crippen LogP contribution < -0.4 is 26.2 Å². The number of hydrogen-bond acceptors (Lipinski definition) is 3. The third kappa shape index (κ3) is 6.60. The number of para-hydroxylation sites is 1. The summed E-state index contributed by atoms with van der Waals surface area (Å²) in [7, 11) is 0. The van der Waals surface area contributed by atoms with Gasteiger partial charge in [-0.2, -0.15) is 0 Å². The summed E-state index contributed by atoms with van der Waals surface area (Å²) < 4.78 is 6.36. The molecule has 0 spiro atoms. The van der Waals surface area contributed by atoms with Gasteiger partial charge in [0.15, 0.2) is 0 Å². The van der Waals surface area contributed by atoms with E-state index in [1.54, 1.807) is 0 Å². The zero-order valence-corrected chi connectivity index (χ0v) is 41.5. The molecule has 3 heterocycles. The lowest BCUT2D eigenvalue weighted by Gasteiger charge is -2.48. The lowest BCUT2D eigenvalue weighted by Crippen LogP contribution is -2.62. The van der Waals surface area contributed by atoms with Crippen molar-refractivity contribution in [1.82, 2.24) is 0 Å². The molecule has 66 heavy (non-hydrogen) atoms. The van der Waals surface area contributed by atoms with E-state index in [2.05, 4.69) is 233 Å². The minimum absolute atomic E-state index is 0.0200. The summed E-state index contributed by atoms with van der Waals surface area (Å²) in [5, 5.41) is 2.32. The van der Waals surface area contributed by atoms with Crippen LogP contribution in [0.2, 0.25) is 0 Å². The van der Waals surface area contributed by atoms with E-state index < -0.39 is 0 Å². The highest BCUT2D eigenvalue weighted by Crippen LogP contribution is 2.51. The van der Waals surface area contributed by atoms with Gasteiger partial charge in [0.05, 0.1) is 0 Å². The molecule has 0 saturated carbocycles. The molecule has 11 rings (SSSR count). The van der Waals surface area contributed by atoms with Gasteiger partial charge in [0.2, 0.25) is 0 Å². The van der Waals surface area contributed by atoms with Crippen LogP contribution in [-0.2, 0) is 27.1 Å². The van der Waals surface area contributed by atoms with Gasteiger partial charge in [-0.3, -0.25) is 0 Å². The zero-order chi connectivity index (χ0) is 46.5. The van der Waals surface area contributed by atoms with Crippen molar-refractivity contribution in [3.05, 3.63) is 161 Å². The van der Waals surface area contributed by atoms with E-state index in [1.165, 1.54) is 101 Å². The molecule has 332 valence electrons. The highest BCUT2D eigenvalue weighted by Gasteiger charge is 2.47. The molecule has 3 nitrogen and oxygen atoms in total. The Labute approximate surface area is 393 Å². The van der Waals surface area contributed by atoms with Crippen LogP contribution in [0.3, 0.4) is 0 Å². The molecule has 0 bridgehead atoms. The monoisotopic (exact) mass is 865 g/mol. The van der Waals surface area contributed by atoms with Crippen molar-refractivity contribution in [2.45, 2.75) is 130 Å². The Hall–Kier alpha value is -6.00. The van der Waals surface area contributed by atoms with E-state index in [-0.39, 0.29) is 33.8 Å². The van der Waals surface area contributed by atoms with Crippen LogP contribution in [0, 0.1) is 0 Å². The molecule has 2 aliphatic heterocycles. The van der Waals surface area contributed by atoms with Gasteiger partial charge in [-0.15, -0.1) is 0 Å². The van der Waals surface area contributed by atoms with Crippen molar-refractivity contribution in [2.24, 2.45) is 0 Å². The van der Waals surface area contributed by atoms with Crippen molar-refractivity contribution in [1.29, 1.82) is 0 Å². The smallest absolute Gasteiger partial charge is 0.252 e. The number of nitrogens with zero attached hydrogens (tertiary/aromatic N) is 2. The summed E-state index contributed by atoms with van der Waals surface area (Å²) in [5.41, 5.74) is 22.8. The first-order valence-corrected chi connectivity index (χ1v) is 24.3. The average molecular weight is 865 g/mol. The molecule has 8 aromatic rings. The molecule has 3 aliphatic rings. The van der Waals surface area contributed by atoms with Crippen molar-refractivity contribution in [3.63, 3.8) is 0 Å². The van der Waals surface area contributed by atoms with Crippen LogP contribution in [0.5, 0.6) is 0 Å². The van der Waals surface area contributed by atoms with E-state index in [1.807, 2.05) is 0 Å². The quantitative estimate of drug-likeness (QED) is 0.165. The van der Waals surface area contributed by atoms with E-state index in [0.29, 0.717) is 0 Å². The minimum atomic E-state index is -0.111. The van der Waals surface area contributed by atoms with Crippen LogP contribution >= 0.6 is 0 Å². The normalized spacial score (nSPS) is 16.3. The summed E-state index contributed by atoms with van der Waals surface area (Å²) >= 11 is 0. The molecule has 0 radical (unpaired) electrons. The third-order valence-corrected chi connectivity index (χ3v) is 15.6. The number of rotatable bonds is 3. The van der Waals surface area contributed by atoms with Crippen molar-refractivity contribution in [2.75, 3.05) is 9.80 Å². The van der Waals surface area contributed by atoms with E-state index in [4.69, 9.17) is 4.42 Å². The molecule has 0 amide bonds. The van der Waals surface area contributed by atoms with Gasteiger partial charge in [0.25, 0.3) is 6.71 Å². The number of hydrogen-bond donors (Lipinski definition) is 0. The van der Waals surface area contributed by atoms with Gasteiger partial charge < -0.3 is 14.2 Å². The number of benzene rings is 7. The second kappa shape index (κ2) is 14.3. The van der Waals surface area contributed by atoms with Crippen LogP contribution in [0.4, 0.5) is 34.1 Å². The maximum absolute atomic E-state index is 6.36. The summed E-state index contributed by atoms with van der Waals surface area (Å²) in [6.45, 7) is 31.0. The van der Waals surface area contributed by atoms with Crippen LogP contribution in [0.25, 0.3) is 33.1 Å². The Balaban J connectivity index is 1.21. The first kappa shape index (κ1) is 42.6. The standard InChI is InChI=1S/C62H65BN2O/c1-58(2,3)39-23-28-43(29-24-39)64-50-33-40(59(4,5)6)25-30-48(50)63-49-36-46-47(62(12,13)32-31-61(46,10)11)37-51(49)65(53-35-41(60(7,8)9)34-52(64)57(53)63)42-26-21-38(22-27-42)44-18-16-20-55-56(44)45-17-14-15-19-54(45)66-55/h14-30,33-37H,31-32H2,1-13H3. The fraction of sp³-hybridized carbons (Fsp3) is 0.323. The molecule has 1 aromatic heterocycles. The lowest BCUT2D eigenvalue weighted by atomic mass is 9.33. The zero-order valence-electron chi connectivity index (χ0n) is 41.5. The second-order valence-corrected chi connectivity index (χ2v) is 24.2. The number of fused-ring (bicyclic) bond motifs is 8. The van der Waals surface area contributed by atoms with Crippen LogP contribution in [0.1, 0.15) is 131 Å². The van der Waals surface area contributed by atoms with Crippen LogP contribution in [-0.4, -0.2) is 6.71 Å². The van der Waals surface area contributed by atoms with E-state index >= 15 is 0 Å². The Morgan fingerprint density at radius 1 is 0.470 bits per heavy atom. The Morgan fingerprint density at radius 3 is 1.59 bits per heavy atom. The number of anilines is 6. The SMILES string of the molecule is CC(C)(C)c1ccc(N2c3cc(C(C)(C)C)ccc3B3c4cc5c(cc4N(c4ccc(-c6cccc7oc8ccccc8c67)cc4)c4cc(C(C)(C)C)cc2c43)C(C)(C)CCC5(C)C)cc1. The number of furan rings is 1. The summed E-state index contributed by atoms with van der Waals surface area (Å²) in [6, 6.07) is 51.4. The maximum atomic E-state index is 6.36. The Morgan fingerprint density at radius 2 is 0.985 bits per heavy atom. The van der Waals surface area contributed by atoms with E-state index in [9.17, 15) is 0 Å². The minimum Gasteiger partial charge on any atom is -0.456 e. The fourth-order valence-corrected chi connectivity index (χ4v) is 11.4. The summed E-state index contributed by atoms with van der Waals surface area (Å²) in [6.07, 6.45) is 2.33. The highest BCUT2D eigenvalue weighted by molar-refractivity contribution is 7.00. The molecule has 0 saturated heterocycles. The van der Waals surface area contributed by atoms with Crippen molar-refractivity contribution >= 4 is 79.2 Å². The van der Waals surface area contributed by atoms with Crippen molar-refractivity contribution in [3.8, 4) is 11.1 Å². The first-order valence-electron chi connectivity index (χ1n) is 24.3. The van der Waals surface area contributed by atoms with Crippen molar-refractivity contribution < 1.29 is 4.42 Å². The van der Waals surface area contributed by atoms with Gasteiger partial charge in [-0.25, -0.2) is 0 Å². The molecule has 4 heteroatoms. The average Bonchev–Trinajstić information content (AvgIpc) is 3.65. The van der Waals surface area contributed by atoms with Gasteiger partial charge in [-0.1, -0.05) is 163 Å². The molecule has 0 unspecified atom stereocenters. The van der Waals surface area contributed by atoms with Crippen LogP contribution in [0.15, 0.2) is 138 Å². The molecule has 0 N–H and O–H groups in total. The van der Waals surface area contributed by atoms with Gasteiger partial charge in [0.1, 0.15) is 11.2 Å². The summed E-state index contributed by atoms with van der Waals surface area (Å²) in [4.78, 5) is 5.24. The molecule has 7 aromatic carbocycles. The summed E-state index contributed by atoms with van der Waals surface area (Å²) in [5.74, 6) is 0. The maximum Gasteiger partial charge on any atom is 0.252 e. The predicted octanol–water partition coefficient (Wildman–Crippen LogP) is 15.6. The Kier molecular flexibility index (Phi) is 9.21. The molecule has 0 atom stereocenters. The van der Waals surface area contributed by atoms with E-state index in [0.717, 1.165) is 23.0 Å². The molecular formula is C62H65BN2O. The second-order valence-electron chi connectivity index (χ2n) is 24.2. The molecular weight excluding hydrogens is 800 g/mol. The largest absolute Gasteiger partial charge is 0.456 e. The van der Waals surface area contributed by atoms with Gasteiger partial charge in [0, 0.05) is 44.9 Å². The topological polar surface area (TPSA) is 19.6 Å².